The Morgan fingerprint density at radius 1 is 1.50 bits per heavy atom. The number of ether oxygens (including phenoxy) is 1. The summed E-state index contributed by atoms with van der Waals surface area (Å²) < 4.78 is 6.75. The first kappa shape index (κ1) is 12.8. The zero-order valence-electron chi connectivity index (χ0n) is 11.6. The first-order chi connectivity index (χ1) is 9.70. The van der Waals surface area contributed by atoms with Gasteiger partial charge in [0.25, 0.3) is 0 Å². The van der Waals surface area contributed by atoms with E-state index in [2.05, 4.69) is 15.1 Å². The summed E-state index contributed by atoms with van der Waals surface area (Å²) >= 11 is 0. The van der Waals surface area contributed by atoms with E-state index in [1.165, 1.54) is 6.33 Å². The van der Waals surface area contributed by atoms with Gasteiger partial charge in [-0.15, -0.1) is 0 Å². The average molecular weight is 275 g/mol. The molecule has 1 saturated carbocycles. The third kappa shape index (κ3) is 2.31. The fourth-order valence-electron chi connectivity index (χ4n) is 2.29. The van der Waals surface area contributed by atoms with Crippen molar-refractivity contribution in [3.05, 3.63) is 12.5 Å². The minimum Gasteiger partial charge on any atom is -0.465 e. The summed E-state index contributed by atoms with van der Waals surface area (Å²) in [4.78, 5) is 22.4. The van der Waals surface area contributed by atoms with Crippen LogP contribution in [0.4, 0.5) is 5.82 Å². The number of esters is 1. The molecule has 0 atom stereocenters. The van der Waals surface area contributed by atoms with Crippen molar-refractivity contribution in [1.82, 2.24) is 19.7 Å². The van der Waals surface area contributed by atoms with Crippen molar-refractivity contribution < 1.29 is 9.53 Å². The molecule has 0 saturated heterocycles. The number of hydrogen-bond donors (Lipinski definition) is 0. The van der Waals surface area contributed by atoms with Crippen molar-refractivity contribution in [2.45, 2.75) is 25.8 Å². The Bertz CT molecular complexity index is 635. The van der Waals surface area contributed by atoms with Gasteiger partial charge in [0.1, 0.15) is 18.7 Å². The largest absolute Gasteiger partial charge is 0.465 e. The fraction of sp³-hybridized carbons (Fsp3) is 0.538. The van der Waals surface area contributed by atoms with E-state index in [0.717, 1.165) is 29.7 Å². The number of anilines is 1. The summed E-state index contributed by atoms with van der Waals surface area (Å²) in [5, 5.41) is 5.07. The molecule has 0 aromatic carbocycles. The van der Waals surface area contributed by atoms with Gasteiger partial charge in [0.15, 0.2) is 5.65 Å². The maximum atomic E-state index is 11.8. The highest BCUT2D eigenvalue weighted by Crippen LogP contribution is 2.33. The molecule has 0 radical (unpaired) electrons. The zero-order chi connectivity index (χ0) is 14.1. The van der Waals surface area contributed by atoms with Gasteiger partial charge in [-0.25, -0.2) is 9.97 Å². The van der Waals surface area contributed by atoms with E-state index in [1.54, 1.807) is 10.9 Å². The second-order valence-electron chi connectivity index (χ2n) is 4.87. The van der Waals surface area contributed by atoms with Crippen LogP contribution in [0, 0.1) is 0 Å². The zero-order valence-corrected chi connectivity index (χ0v) is 11.6. The molecule has 1 aliphatic rings. The summed E-state index contributed by atoms with van der Waals surface area (Å²) in [6.07, 6.45) is 5.40. The van der Waals surface area contributed by atoms with Crippen molar-refractivity contribution >= 4 is 22.8 Å². The molecule has 7 nitrogen and oxygen atoms in total. The Labute approximate surface area is 116 Å². The Morgan fingerprint density at radius 3 is 3.00 bits per heavy atom. The second kappa shape index (κ2) is 5.07. The van der Waals surface area contributed by atoms with Crippen molar-refractivity contribution in [2.75, 3.05) is 18.1 Å². The second-order valence-corrected chi connectivity index (χ2v) is 4.87. The molecule has 2 aromatic rings. The van der Waals surface area contributed by atoms with Gasteiger partial charge < -0.3 is 9.64 Å². The molecule has 0 aliphatic heterocycles. The van der Waals surface area contributed by atoms with Crippen LogP contribution >= 0.6 is 0 Å². The Hall–Kier alpha value is -2.18. The monoisotopic (exact) mass is 275 g/mol. The van der Waals surface area contributed by atoms with Crippen LogP contribution in [-0.2, 0) is 16.6 Å². The van der Waals surface area contributed by atoms with Crippen molar-refractivity contribution in [3.63, 3.8) is 0 Å². The average Bonchev–Trinajstić information content (AvgIpc) is 3.21. The van der Waals surface area contributed by atoms with E-state index in [9.17, 15) is 4.79 Å². The predicted octanol–water partition coefficient (Wildman–Crippen LogP) is 0.895. The predicted molar refractivity (Wildman–Crippen MR) is 73.3 cm³/mol. The first-order valence-corrected chi connectivity index (χ1v) is 6.75. The molecule has 2 heterocycles. The van der Waals surface area contributed by atoms with E-state index >= 15 is 0 Å². The minimum absolute atomic E-state index is 0.222. The smallest absolute Gasteiger partial charge is 0.325 e. The number of carbonyl (C=O) groups excluding carboxylic acids is 1. The topological polar surface area (TPSA) is 73.1 Å². The van der Waals surface area contributed by atoms with E-state index < -0.39 is 0 Å². The fourth-order valence-corrected chi connectivity index (χ4v) is 2.29. The highest BCUT2D eigenvalue weighted by atomic mass is 16.5. The molecule has 0 amide bonds. The summed E-state index contributed by atoms with van der Waals surface area (Å²) in [5.74, 6) is 0.536. The summed E-state index contributed by atoms with van der Waals surface area (Å²) in [6, 6.07) is 0.359. The van der Waals surface area contributed by atoms with Gasteiger partial charge in [0.2, 0.25) is 0 Å². The number of aryl methyl sites for hydroxylation is 1. The van der Waals surface area contributed by atoms with Crippen molar-refractivity contribution in [1.29, 1.82) is 0 Å². The SMILES string of the molecule is CCOC(=O)CN(c1ncnc2c1cnn2C)C1CC1. The van der Waals surface area contributed by atoms with Crippen LogP contribution in [0.15, 0.2) is 12.5 Å². The highest BCUT2D eigenvalue weighted by Gasteiger charge is 2.33. The number of nitrogens with zero attached hydrogens (tertiary/aromatic N) is 5. The van der Waals surface area contributed by atoms with Crippen LogP contribution in [0.3, 0.4) is 0 Å². The lowest BCUT2D eigenvalue weighted by Crippen LogP contribution is -2.33. The number of hydrogen-bond acceptors (Lipinski definition) is 6. The quantitative estimate of drug-likeness (QED) is 0.755. The Kier molecular flexibility index (Phi) is 3.25. The number of fused-ring (bicyclic) bond motifs is 1. The third-order valence-corrected chi connectivity index (χ3v) is 3.37. The lowest BCUT2D eigenvalue weighted by Gasteiger charge is -2.22. The molecule has 3 rings (SSSR count). The van der Waals surface area contributed by atoms with E-state index in [4.69, 9.17) is 4.74 Å². The Balaban J connectivity index is 1.95. The van der Waals surface area contributed by atoms with Crippen LogP contribution in [0.1, 0.15) is 19.8 Å². The molecule has 0 unspecified atom stereocenters. The van der Waals surface area contributed by atoms with Crippen molar-refractivity contribution in [3.8, 4) is 0 Å². The van der Waals surface area contributed by atoms with Gasteiger partial charge in [0.05, 0.1) is 18.2 Å². The highest BCUT2D eigenvalue weighted by molar-refractivity contribution is 5.89. The van der Waals surface area contributed by atoms with Gasteiger partial charge >= 0.3 is 5.97 Å². The standard InChI is InChI=1S/C13H17N5O2/c1-3-20-11(19)7-18(9-4-5-9)13-10-6-16-17(2)12(10)14-8-15-13/h6,8-9H,3-5,7H2,1-2H3. The van der Waals surface area contributed by atoms with Crippen LogP contribution in [0.25, 0.3) is 11.0 Å². The number of rotatable bonds is 5. The molecule has 0 spiro atoms. The lowest BCUT2D eigenvalue weighted by atomic mass is 10.3. The molecule has 106 valence electrons. The number of aromatic nitrogens is 4. The summed E-state index contributed by atoms with van der Waals surface area (Å²) in [7, 11) is 1.84. The van der Waals surface area contributed by atoms with E-state index in [1.807, 2.05) is 18.9 Å². The van der Waals surface area contributed by atoms with Gasteiger partial charge in [-0.3, -0.25) is 9.48 Å². The van der Waals surface area contributed by atoms with E-state index in [-0.39, 0.29) is 12.5 Å². The minimum atomic E-state index is -0.227. The molecule has 0 N–H and O–H groups in total. The van der Waals surface area contributed by atoms with Gasteiger partial charge in [0, 0.05) is 13.1 Å². The number of carbonyl (C=O) groups is 1. The molecule has 1 aliphatic carbocycles. The molecule has 2 aromatic heterocycles. The van der Waals surface area contributed by atoms with Crippen molar-refractivity contribution in [2.24, 2.45) is 7.05 Å². The summed E-state index contributed by atoms with van der Waals surface area (Å²) in [5.41, 5.74) is 0.768. The molecule has 7 heteroatoms. The van der Waals surface area contributed by atoms with Crippen LogP contribution < -0.4 is 4.90 Å². The van der Waals surface area contributed by atoms with Crippen LogP contribution in [-0.4, -0.2) is 44.9 Å². The molecular formula is C13H17N5O2. The van der Waals surface area contributed by atoms with Crippen LogP contribution in [0.5, 0.6) is 0 Å². The molecule has 1 fully saturated rings. The van der Waals surface area contributed by atoms with E-state index in [0.29, 0.717) is 12.6 Å². The maximum Gasteiger partial charge on any atom is 0.325 e. The molecule has 0 bridgehead atoms. The third-order valence-electron chi connectivity index (χ3n) is 3.37. The lowest BCUT2D eigenvalue weighted by molar-refractivity contribution is -0.141. The van der Waals surface area contributed by atoms with Crippen LogP contribution in [0.2, 0.25) is 0 Å². The normalized spacial score (nSPS) is 14.5. The maximum absolute atomic E-state index is 11.8. The van der Waals surface area contributed by atoms with Gasteiger partial charge in [-0.1, -0.05) is 0 Å². The Morgan fingerprint density at radius 2 is 2.30 bits per heavy atom. The van der Waals surface area contributed by atoms with Gasteiger partial charge in [-0.05, 0) is 19.8 Å². The molecule has 20 heavy (non-hydrogen) atoms. The first-order valence-electron chi connectivity index (χ1n) is 6.75. The van der Waals surface area contributed by atoms with Gasteiger partial charge in [-0.2, -0.15) is 5.10 Å². The molecular weight excluding hydrogens is 258 g/mol. The summed E-state index contributed by atoms with van der Waals surface area (Å²) in [6.45, 7) is 2.42.